The second-order valence-electron chi connectivity index (χ2n) is 4.14. The highest BCUT2D eigenvalue weighted by molar-refractivity contribution is 5.77. The van der Waals surface area contributed by atoms with Crippen molar-refractivity contribution in [3.8, 4) is 0 Å². The molecular weight excluding hydrogens is 238 g/mol. The molecule has 6 nitrogen and oxygen atoms in total. The number of hydrogen-bond acceptors (Lipinski definition) is 5. The molecular formula is C12H11NO5. The van der Waals surface area contributed by atoms with Crippen LogP contribution >= 0.6 is 0 Å². The second-order valence-corrected chi connectivity index (χ2v) is 4.14. The summed E-state index contributed by atoms with van der Waals surface area (Å²) < 4.78 is 14.9. The molecule has 18 heavy (non-hydrogen) atoms. The van der Waals surface area contributed by atoms with E-state index < -0.39 is 12.0 Å². The van der Waals surface area contributed by atoms with Gasteiger partial charge in [-0.3, -0.25) is 10.1 Å². The lowest BCUT2D eigenvalue weighted by Gasteiger charge is -2.11. The van der Waals surface area contributed by atoms with Crippen LogP contribution in [0.4, 0.5) is 4.79 Å². The van der Waals surface area contributed by atoms with Gasteiger partial charge in [-0.25, -0.2) is 4.79 Å². The van der Waals surface area contributed by atoms with Crippen LogP contribution in [0.1, 0.15) is 12.0 Å². The SMILES string of the molecule is O=C1C[C@@H]2O[C@@]2(NC(=O)OCc2ccccc2)O1. The number of epoxide rings is 1. The van der Waals surface area contributed by atoms with Crippen LogP contribution in [0.25, 0.3) is 0 Å². The van der Waals surface area contributed by atoms with E-state index in [1.54, 1.807) is 0 Å². The van der Waals surface area contributed by atoms with E-state index in [1.165, 1.54) is 0 Å². The molecule has 0 aromatic heterocycles. The van der Waals surface area contributed by atoms with Gasteiger partial charge >= 0.3 is 18.0 Å². The molecule has 2 atom stereocenters. The lowest BCUT2D eigenvalue weighted by Crippen LogP contribution is -2.40. The van der Waals surface area contributed by atoms with Gasteiger partial charge in [0.1, 0.15) is 6.61 Å². The third-order valence-corrected chi connectivity index (χ3v) is 2.79. The van der Waals surface area contributed by atoms with Crippen LogP contribution in [0.5, 0.6) is 0 Å². The summed E-state index contributed by atoms with van der Waals surface area (Å²) in [6.07, 6.45) is -0.885. The van der Waals surface area contributed by atoms with Crippen molar-refractivity contribution in [1.29, 1.82) is 0 Å². The molecule has 2 aliphatic heterocycles. The van der Waals surface area contributed by atoms with Crippen LogP contribution in [-0.4, -0.2) is 24.1 Å². The van der Waals surface area contributed by atoms with Gasteiger partial charge in [-0.15, -0.1) is 0 Å². The number of rotatable bonds is 3. The zero-order chi connectivity index (χ0) is 12.6. The number of amides is 1. The topological polar surface area (TPSA) is 77.2 Å². The summed E-state index contributed by atoms with van der Waals surface area (Å²) in [6, 6.07) is 9.28. The lowest BCUT2D eigenvalue weighted by atomic mass is 10.2. The third-order valence-electron chi connectivity index (χ3n) is 2.79. The molecule has 1 amide bonds. The average Bonchev–Trinajstić information content (AvgIpc) is 2.90. The Labute approximate surface area is 103 Å². The van der Waals surface area contributed by atoms with E-state index in [0.717, 1.165) is 5.56 Å². The Morgan fingerprint density at radius 3 is 2.89 bits per heavy atom. The van der Waals surface area contributed by atoms with Crippen LogP contribution in [0, 0.1) is 0 Å². The van der Waals surface area contributed by atoms with Crippen molar-refractivity contribution in [2.45, 2.75) is 25.0 Å². The van der Waals surface area contributed by atoms with E-state index in [0.29, 0.717) is 0 Å². The van der Waals surface area contributed by atoms with E-state index in [1.807, 2.05) is 30.3 Å². The molecule has 6 heteroatoms. The normalized spacial score (nSPS) is 28.2. The fourth-order valence-electron chi connectivity index (χ4n) is 1.84. The van der Waals surface area contributed by atoms with Gasteiger partial charge in [0.05, 0.1) is 6.42 Å². The summed E-state index contributed by atoms with van der Waals surface area (Å²) in [6.45, 7) is 0.154. The second kappa shape index (κ2) is 3.99. The number of ether oxygens (including phenoxy) is 3. The molecule has 1 aromatic carbocycles. The fraction of sp³-hybridized carbons (Fsp3) is 0.333. The van der Waals surface area contributed by atoms with Crippen molar-refractivity contribution in [3.05, 3.63) is 35.9 Å². The fourth-order valence-corrected chi connectivity index (χ4v) is 1.84. The van der Waals surface area contributed by atoms with Gasteiger partial charge in [-0.05, 0) is 5.56 Å². The molecule has 0 radical (unpaired) electrons. The van der Waals surface area contributed by atoms with Crippen molar-refractivity contribution < 1.29 is 23.8 Å². The number of benzene rings is 1. The minimum Gasteiger partial charge on any atom is -0.445 e. The molecule has 94 valence electrons. The molecule has 3 rings (SSSR count). The number of carbonyl (C=O) groups is 2. The van der Waals surface area contributed by atoms with E-state index >= 15 is 0 Å². The van der Waals surface area contributed by atoms with Gasteiger partial charge in [0, 0.05) is 0 Å². The zero-order valence-electron chi connectivity index (χ0n) is 9.42. The van der Waals surface area contributed by atoms with E-state index in [9.17, 15) is 9.59 Å². The van der Waals surface area contributed by atoms with Crippen molar-refractivity contribution in [1.82, 2.24) is 5.32 Å². The first-order valence-electron chi connectivity index (χ1n) is 5.56. The number of nitrogens with one attached hydrogen (secondary N) is 1. The molecule has 1 N–H and O–H groups in total. The highest BCUT2D eigenvalue weighted by Crippen LogP contribution is 2.43. The van der Waals surface area contributed by atoms with Gasteiger partial charge in [0.2, 0.25) is 0 Å². The summed E-state index contributed by atoms with van der Waals surface area (Å²) in [4.78, 5) is 22.5. The van der Waals surface area contributed by atoms with Gasteiger partial charge in [-0.1, -0.05) is 30.3 Å². The smallest absolute Gasteiger partial charge is 0.412 e. The third kappa shape index (κ3) is 2.02. The van der Waals surface area contributed by atoms with Crippen molar-refractivity contribution in [2.75, 3.05) is 0 Å². The minimum absolute atomic E-state index is 0.154. The Morgan fingerprint density at radius 2 is 2.22 bits per heavy atom. The molecule has 1 aromatic rings. The molecule has 0 bridgehead atoms. The van der Waals surface area contributed by atoms with Crippen molar-refractivity contribution >= 4 is 12.1 Å². The molecule has 0 spiro atoms. The first-order chi connectivity index (χ1) is 8.68. The highest BCUT2D eigenvalue weighted by Gasteiger charge is 2.68. The Balaban J connectivity index is 1.50. The summed E-state index contributed by atoms with van der Waals surface area (Å²) in [7, 11) is 0. The van der Waals surface area contributed by atoms with Gasteiger partial charge in [-0.2, -0.15) is 0 Å². The first kappa shape index (κ1) is 11.0. The van der Waals surface area contributed by atoms with Gasteiger partial charge < -0.3 is 14.2 Å². The lowest BCUT2D eigenvalue weighted by molar-refractivity contribution is -0.158. The molecule has 0 saturated carbocycles. The molecule has 0 aliphatic carbocycles. The Hall–Kier alpha value is -2.08. The number of carbonyl (C=O) groups excluding carboxylic acids is 2. The van der Waals surface area contributed by atoms with E-state index in [4.69, 9.17) is 14.2 Å². The number of hydrogen-bond donors (Lipinski definition) is 1. The molecule has 2 aliphatic rings. The predicted octanol–water partition coefficient (Wildman–Crippen LogP) is 0.912. The van der Waals surface area contributed by atoms with Crippen LogP contribution < -0.4 is 5.32 Å². The summed E-state index contributed by atoms with van der Waals surface area (Å²) in [5.41, 5.74) is 0.877. The van der Waals surface area contributed by atoms with Crippen LogP contribution in [0.2, 0.25) is 0 Å². The minimum atomic E-state index is -1.27. The summed E-state index contributed by atoms with van der Waals surface area (Å²) in [5.74, 6) is -1.65. The molecule has 0 unspecified atom stereocenters. The highest BCUT2D eigenvalue weighted by atomic mass is 16.8. The number of esters is 1. The monoisotopic (exact) mass is 249 g/mol. The van der Waals surface area contributed by atoms with Gasteiger partial charge in [0.15, 0.2) is 6.10 Å². The average molecular weight is 249 g/mol. The standard InChI is InChI=1S/C12H11NO5/c14-10-6-9-12(17-9,18-10)13-11(15)16-7-8-4-2-1-3-5-8/h1-5,9H,6-7H2,(H,13,15)/t9-,12+/m0/s1. The predicted molar refractivity (Wildman–Crippen MR) is 58.1 cm³/mol. The molecule has 2 saturated heterocycles. The zero-order valence-corrected chi connectivity index (χ0v) is 9.42. The Morgan fingerprint density at radius 1 is 1.44 bits per heavy atom. The van der Waals surface area contributed by atoms with Crippen LogP contribution in [0.3, 0.4) is 0 Å². The largest absolute Gasteiger partial charge is 0.445 e. The van der Waals surface area contributed by atoms with Crippen LogP contribution in [-0.2, 0) is 25.6 Å². The van der Waals surface area contributed by atoms with Crippen molar-refractivity contribution in [3.63, 3.8) is 0 Å². The quantitative estimate of drug-likeness (QED) is 0.636. The summed E-state index contributed by atoms with van der Waals surface area (Å²) in [5, 5.41) is 2.40. The molecule has 2 heterocycles. The summed E-state index contributed by atoms with van der Waals surface area (Å²) >= 11 is 0. The van der Waals surface area contributed by atoms with E-state index in [2.05, 4.69) is 5.32 Å². The maximum atomic E-state index is 11.5. The van der Waals surface area contributed by atoms with Crippen LogP contribution in [0.15, 0.2) is 30.3 Å². The van der Waals surface area contributed by atoms with Gasteiger partial charge in [0.25, 0.3) is 0 Å². The maximum Gasteiger partial charge on any atom is 0.412 e. The Kier molecular flexibility index (Phi) is 2.45. The first-order valence-corrected chi connectivity index (χ1v) is 5.56. The number of fused-ring (bicyclic) bond motifs is 1. The molecule has 2 fully saturated rings. The van der Waals surface area contributed by atoms with Crippen molar-refractivity contribution in [2.24, 2.45) is 0 Å². The van der Waals surface area contributed by atoms with E-state index in [-0.39, 0.29) is 25.1 Å². The maximum absolute atomic E-state index is 11.5. The number of alkyl carbamates (subject to hydrolysis) is 1. The Bertz CT molecular complexity index is 489.